The number of nitrogens with zero attached hydrogens (tertiary/aromatic N) is 3. The monoisotopic (exact) mass is 243 g/mol. The van der Waals surface area contributed by atoms with Crippen molar-refractivity contribution in [3.8, 4) is 0 Å². The Bertz CT molecular complexity index is 707. The van der Waals surface area contributed by atoms with Gasteiger partial charge in [0.2, 0.25) is 0 Å². The van der Waals surface area contributed by atoms with Gasteiger partial charge in [-0.3, -0.25) is 0 Å². The Hall–Kier alpha value is -2.50. The first kappa shape index (κ1) is 10.6. The molecule has 3 rings (SSSR count). The molecule has 0 aliphatic carbocycles. The number of hydrogen-bond donors (Lipinski definition) is 2. The van der Waals surface area contributed by atoms with Gasteiger partial charge in [0, 0.05) is 6.42 Å². The molecule has 0 amide bonds. The Morgan fingerprint density at radius 1 is 1.22 bits per heavy atom. The molecule has 0 unspecified atom stereocenters. The summed E-state index contributed by atoms with van der Waals surface area (Å²) in [5.74, 6) is 0.701. The molecule has 0 fully saturated rings. The van der Waals surface area contributed by atoms with E-state index in [1.807, 2.05) is 0 Å². The normalized spacial score (nSPS) is 10.9. The second-order valence-corrected chi connectivity index (χ2v) is 3.91. The molecule has 5 nitrogen and oxygen atoms in total. The maximum atomic E-state index is 13.5. The minimum Gasteiger partial charge on any atom is -0.382 e. The largest absolute Gasteiger partial charge is 0.382 e. The van der Waals surface area contributed by atoms with Crippen molar-refractivity contribution >= 4 is 17.0 Å². The third-order valence-corrected chi connectivity index (χ3v) is 2.68. The average Bonchev–Trinajstić information content (AvgIpc) is 2.76. The maximum Gasteiger partial charge on any atom is 0.183 e. The van der Waals surface area contributed by atoms with Crippen molar-refractivity contribution in [2.24, 2.45) is 0 Å². The van der Waals surface area contributed by atoms with Crippen LogP contribution in [0.2, 0.25) is 0 Å². The predicted octanol–water partition coefficient (Wildman–Crippen LogP) is 1.67. The van der Waals surface area contributed by atoms with Crippen LogP contribution in [0.1, 0.15) is 11.4 Å². The van der Waals surface area contributed by atoms with Crippen LogP contribution in [0.15, 0.2) is 30.6 Å². The summed E-state index contributed by atoms with van der Waals surface area (Å²) in [6.07, 6.45) is 1.72. The fraction of sp³-hybridized carbons (Fsp3) is 0.0833. The fourth-order valence-electron chi connectivity index (χ4n) is 1.80. The molecule has 0 spiro atoms. The van der Waals surface area contributed by atoms with Crippen molar-refractivity contribution in [1.29, 1.82) is 0 Å². The summed E-state index contributed by atoms with van der Waals surface area (Å²) in [7, 11) is 0. The first-order valence-corrected chi connectivity index (χ1v) is 5.42. The van der Waals surface area contributed by atoms with Crippen LogP contribution in [0.5, 0.6) is 0 Å². The molecule has 3 N–H and O–H groups in total. The molecule has 6 heteroatoms. The van der Waals surface area contributed by atoms with Crippen LogP contribution in [0.3, 0.4) is 0 Å². The highest BCUT2D eigenvalue weighted by Crippen LogP contribution is 2.16. The molecule has 0 saturated carbocycles. The van der Waals surface area contributed by atoms with Crippen molar-refractivity contribution in [3.05, 3.63) is 47.8 Å². The van der Waals surface area contributed by atoms with Crippen LogP contribution in [-0.2, 0) is 6.42 Å². The summed E-state index contributed by atoms with van der Waals surface area (Å²) < 4.78 is 13.5. The van der Waals surface area contributed by atoms with E-state index in [1.165, 1.54) is 12.4 Å². The van der Waals surface area contributed by atoms with Crippen LogP contribution in [0, 0.1) is 5.82 Å². The third kappa shape index (κ3) is 1.77. The summed E-state index contributed by atoms with van der Waals surface area (Å²) in [5.41, 5.74) is 7.35. The average molecular weight is 243 g/mol. The number of hydrogen-bond acceptors (Lipinski definition) is 4. The van der Waals surface area contributed by atoms with Crippen LogP contribution < -0.4 is 5.73 Å². The number of halogens is 1. The Morgan fingerprint density at radius 2 is 2.06 bits per heavy atom. The maximum absolute atomic E-state index is 13.5. The Morgan fingerprint density at radius 3 is 2.83 bits per heavy atom. The van der Waals surface area contributed by atoms with E-state index < -0.39 is 0 Å². The molecule has 0 saturated heterocycles. The summed E-state index contributed by atoms with van der Waals surface area (Å²) in [5, 5.41) is 0. The lowest BCUT2D eigenvalue weighted by atomic mass is 10.1. The SMILES string of the molecule is Nc1ncnc2nc(Cc3ccccc3F)[nH]c12. The van der Waals surface area contributed by atoms with Gasteiger partial charge < -0.3 is 10.7 Å². The summed E-state index contributed by atoms with van der Waals surface area (Å²) in [6, 6.07) is 6.58. The Balaban J connectivity index is 2.01. The topological polar surface area (TPSA) is 80.5 Å². The summed E-state index contributed by atoms with van der Waals surface area (Å²) in [4.78, 5) is 15.1. The van der Waals surface area contributed by atoms with Gasteiger partial charge in [0.1, 0.15) is 23.5 Å². The first-order chi connectivity index (χ1) is 8.74. The molecule has 18 heavy (non-hydrogen) atoms. The van der Waals surface area contributed by atoms with Gasteiger partial charge >= 0.3 is 0 Å². The summed E-state index contributed by atoms with van der Waals surface area (Å²) >= 11 is 0. The lowest BCUT2D eigenvalue weighted by Crippen LogP contribution is -1.94. The highest BCUT2D eigenvalue weighted by molar-refractivity contribution is 5.81. The van der Waals surface area contributed by atoms with Crippen molar-refractivity contribution in [2.45, 2.75) is 6.42 Å². The molecule has 2 aromatic heterocycles. The number of nitrogens with one attached hydrogen (secondary N) is 1. The molecule has 90 valence electrons. The molecule has 0 bridgehead atoms. The zero-order valence-electron chi connectivity index (χ0n) is 9.39. The molecular formula is C12H10FN5. The van der Waals surface area contributed by atoms with E-state index in [4.69, 9.17) is 5.73 Å². The second-order valence-electron chi connectivity index (χ2n) is 3.91. The second kappa shape index (κ2) is 4.06. The minimum atomic E-state index is -0.253. The van der Waals surface area contributed by atoms with Gasteiger partial charge in [0.15, 0.2) is 11.5 Å². The number of anilines is 1. The number of fused-ring (bicyclic) bond motifs is 1. The quantitative estimate of drug-likeness (QED) is 0.717. The molecule has 2 heterocycles. The molecule has 1 aromatic carbocycles. The van der Waals surface area contributed by atoms with Crippen LogP contribution in [0.4, 0.5) is 10.2 Å². The molecule has 0 radical (unpaired) electrons. The van der Waals surface area contributed by atoms with E-state index in [0.29, 0.717) is 34.8 Å². The van der Waals surface area contributed by atoms with Crippen LogP contribution >= 0.6 is 0 Å². The van der Waals surface area contributed by atoms with E-state index in [-0.39, 0.29) is 5.82 Å². The molecule has 0 atom stereocenters. The Kier molecular flexibility index (Phi) is 2.40. The van der Waals surface area contributed by atoms with Crippen LogP contribution in [-0.4, -0.2) is 19.9 Å². The zero-order chi connectivity index (χ0) is 12.5. The van der Waals surface area contributed by atoms with E-state index in [0.717, 1.165) is 0 Å². The van der Waals surface area contributed by atoms with Gasteiger partial charge in [-0.1, -0.05) is 18.2 Å². The van der Waals surface area contributed by atoms with E-state index in [9.17, 15) is 4.39 Å². The zero-order valence-corrected chi connectivity index (χ0v) is 9.39. The number of imidazole rings is 1. The van der Waals surface area contributed by atoms with Gasteiger partial charge in [-0.25, -0.2) is 19.3 Å². The highest BCUT2D eigenvalue weighted by Gasteiger charge is 2.09. The van der Waals surface area contributed by atoms with Crippen molar-refractivity contribution in [3.63, 3.8) is 0 Å². The number of rotatable bonds is 2. The fourth-order valence-corrected chi connectivity index (χ4v) is 1.80. The number of aromatic nitrogens is 4. The van der Waals surface area contributed by atoms with Crippen molar-refractivity contribution in [2.75, 3.05) is 5.73 Å². The molecular weight excluding hydrogens is 233 g/mol. The smallest absolute Gasteiger partial charge is 0.183 e. The van der Waals surface area contributed by atoms with Gasteiger partial charge in [0.25, 0.3) is 0 Å². The lowest BCUT2D eigenvalue weighted by molar-refractivity contribution is 0.612. The summed E-state index contributed by atoms with van der Waals surface area (Å²) in [6.45, 7) is 0. The molecule has 0 aliphatic rings. The Labute approximate surface area is 102 Å². The van der Waals surface area contributed by atoms with Gasteiger partial charge in [-0.2, -0.15) is 0 Å². The van der Waals surface area contributed by atoms with E-state index in [1.54, 1.807) is 18.2 Å². The van der Waals surface area contributed by atoms with Crippen molar-refractivity contribution in [1.82, 2.24) is 19.9 Å². The van der Waals surface area contributed by atoms with E-state index in [2.05, 4.69) is 19.9 Å². The molecule has 0 aliphatic heterocycles. The number of nitrogen functional groups attached to an aromatic ring is 1. The van der Waals surface area contributed by atoms with E-state index >= 15 is 0 Å². The molecule has 3 aromatic rings. The first-order valence-electron chi connectivity index (χ1n) is 5.42. The number of H-pyrrole nitrogens is 1. The highest BCUT2D eigenvalue weighted by atomic mass is 19.1. The number of benzene rings is 1. The number of nitrogens with two attached hydrogens (primary N) is 1. The number of aromatic amines is 1. The third-order valence-electron chi connectivity index (χ3n) is 2.68. The van der Waals surface area contributed by atoms with Gasteiger partial charge in [-0.05, 0) is 11.6 Å². The van der Waals surface area contributed by atoms with Gasteiger partial charge in [0.05, 0.1) is 0 Å². The standard InChI is InChI=1S/C12H10FN5/c13-8-4-2-1-3-7(8)5-9-17-10-11(14)15-6-16-12(10)18-9/h1-4,6H,5H2,(H3,14,15,16,17,18). The van der Waals surface area contributed by atoms with Crippen molar-refractivity contribution < 1.29 is 4.39 Å². The van der Waals surface area contributed by atoms with Gasteiger partial charge in [-0.15, -0.1) is 0 Å². The lowest BCUT2D eigenvalue weighted by Gasteiger charge is -1.99. The van der Waals surface area contributed by atoms with Crippen LogP contribution in [0.25, 0.3) is 11.2 Å². The minimum absolute atomic E-state index is 0.253. The predicted molar refractivity (Wildman–Crippen MR) is 65.3 cm³/mol.